The Morgan fingerprint density at radius 1 is 1.15 bits per heavy atom. The van der Waals surface area contributed by atoms with Gasteiger partial charge in [-0.15, -0.1) is 0 Å². The monoisotopic (exact) mass is 361 g/mol. The van der Waals surface area contributed by atoms with Gasteiger partial charge >= 0.3 is 12.0 Å². The molecule has 3 rings (SSSR count). The molecule has 1 saturated heterocycles. The molecule has 26 heavy (non-hydrogen) atoms. The first-order chi connectivity index (χ1) is 12.5. The Bertz CT molecular complexity index is 666. The first kappa shape index (κ1) is 18.2. The summed E-state index contributed by atoms with van der Waals surface area (Å²) in [4.78, 5) is 37.8. The van der Waals surface area contributed by atoms with Crippen LogP contribution in [0.15, 0.2) is 24.3 Å². The number of morpholine rings is 1. The minimum absolute atomic E-state index is 0.144. The molecule has 1 aromatic rings. The largest absolute Gasteiger partial charge is 0.449 e. The topological polar surface area (TPSA) is 97.0 Å². The van der Waals surface area contributed by atoms with Gasteiger partial charge < -0.3 is 19.7 Å². The second kappa shape index (κ2) is 8.18. The fourth-order valence-corrected chi connectivity index (χ4v) is 2.57. The van der Waals surface area contributed by atoms with Crippen LogP contribution in [-0.2, 0) is 14.3 Å². The van der Waals surface area contributed by atoms with Gasteiger partial charge in [-0.2, -0.15) is 0 Å². The maximum absolute atomic E-state index is 12.2. The number of hydrogen-bond acceptors (Lipinski definition) is 6. The standard InChI is InChI=1S/C18H23N3O5/c1-12(16(22)20-18(24)19-14-4-5-14)26-17(23)13-2-6-15(7-3-13)21-8-10-25-11-9-21/h2-3,6-7,12,14H,4-5,8-11H2,1H3,(H2,19,20,22,24)/t12-/m0/s1. The van der Waals surface area contributed by atoms with E-state index < -0.39 is 24.0 Å². The molecule has 1 atom stereocenters. The number of imide groups is 1. The Kier molecular flexibility index (Phi) is 5.72. The molecule has 0 unspecified atom stereocenters. The summed E-state index contributed by atoms with van der Waals surface area (Å²) in [5.41, 5.74) is 1.36. The van der Waals surface area contributed by atoms with Crippen molar-refractivity contribution in [3.05, 3.63) is 29.8 Å². The Labute approximate surface area is 151 Å². The number of hydrogen-bond donors (Lipinski definition) is 2. The molecule has 0 spiro atoms. The van der Waals surface area contributed by atoms with Crippen LogP contribution in [0.5, 0.6) is 0 Å². The van der Waals surface area contributed by atoms with Crippen LogP contribution < -0.4 is 15.5 Å². The molecule has 0 aromatic heterocycles. The first-order valence-electron chi connectivity index (χ1n) is 8.78. The molecule has 0 radical (unpaired) electrons. The number of esters is 1. The van der Waals surface area contributed by atoms with Gasteiger partial charge in [0.2, 0.25) is 0 Å². The van der Waals surface area contributed by atoms with E-state index in [4.69, 9.17) is 9.47 Å². The predicted octanol–water partition coefficient (Wildman–Crippen LogP) is 1.06. The zero-order valence-electron chi connectivity index (χ0n) is 14.7. The smallest absolute Gasteiger partial charge is 0.338 e. The second-order valence-electron chi connectivity index (χ2n) is 6.43. The Morgan fingerprint density at radius 2 is 1.81 bits per heavy atom. The molecule has 2 aliphatic rings. The third kappa shape index (κ3) is 4.95. The fourth-order valence-electron chi connectivity index (χ4n) is 2.57. The lowest BCUT2D eigenvalue weighted by atomic mass is 10.2. The van der Waals surface area contributed by atoms with Crippen LogP contribution in [0, 0.1) is 0 Å². The van der Waals surface area contributed by atoms with Gasteiger partial charge in [-0.25, -0.2) is 9.59 Å². The van der Waals surface area contributed by atoms with E-state index >= 15 is 0 Å². The van der Waals surface area contributed by atoms with E-state index in [1.165, 1.54) is 6.92 Å². The van der Waals surface area contributed by atoms with E-state index in [-0.39, 0.29) is 6.04 Å². The number of nitrogens with zero attached hydrogens (tertiary/aromatic N) is 1. The maximum atomic E-state index is 12.2. The third-order valence-electron chi connectivity index (χ3n) is 4.28. The number of ether oxygens (including phenoxy) is 2. The van der Waals surface area contributed by atoms with Crippen LogP contribution in [0.1, 0.15) is 30.1 Å². The van der Waals surface area contributed by atoms with Gasteiger partial charge in [0.15, 0.2) is 6.10 Å². The summed E-state index contributed by atoms with van der Waals surface area (Å²) in [6, 6.07) is 6.60. The summed E-state index contributed by atoms with van der Waals surface area (Å²) in [7, 11) is 0. The van der Waals surface area contributed by atoms with Crippen molar-refractivity contribution in [3.63, 3.8) is 0 Å². The van der Waals surface area contributed by atoms with Crippen molar-refractivity contribution in [1.29, 1.82) is 0 Å². The Hall–Kier alpha value is -2.61. The van der Waals surface area contributed by atoms with Gasteiger partial charge in [0.1, 0.15) is 0 Å². The molecule has 1 aliphatic carbocycles. The number of anilines is 1. The lowest BCUT2D eigenvalue weighted by Gasteiger charge is -2.28. The number of carbonyl (C=O) groups excluding carboxylic acids is 3. The molecule has 1 heterocycles. The molecule has 0 bridgehead atoms. The van der Waals surface area contributed by atoms with Crippen molar-refractivity contribution in [2.24, 2.45) is 0 Å². The van der Waals surface area contributed by atoms with Gasteiger partial charge in [-0.3, -0.25) is 10.1 Å². The third-order valence-corrected chi connectivity index (χ3v) is 4.28. The van der Waals surface area contributed by atoms with Crippen molar-refractivity contribution in [3.8, 4) is 0 Å². The molecular formula is C18H23N3O5. The Morgan fingerprint density at radius 3 is 2.42 bits per heavy atom. The van der Waals surface area contributed by atoms with Gasteiger partial charge in [-0.1, -0.05) is 0 Å². The van der Waals surface area contributed by atoms with Crippen molar-refractivity contribution in [1.82, 2.24) is 10.6 Å². The quantitative estimate of drug-likeness (QED) is 0.761. The van der Waals surface area contributed by atoms with E-state index in [2.05, 4.69) is 15.5 Å². The number of benzene rings is 1. The number of amides is 3. The van der Waals surface area contributed by atoms with Gasteiger partial charge in [-0.05, 0) is 44.0 Å². The molecule has 1 aliphatic heterocycles. The molecular weight excluding hydrogens is 338 g/mol. The maximum Gasteiger partial charge on any atom is 0.338 e. The number of nitrogens with one attached hydrogen (secondary N) is 2. The van der Waals surface area contributed by atoms with Gasteiger partial charge in [0.05, 0.1) is 18.8 Å². The van der Waals surface area contributed by atoms with Crippen LogP contribution in [0.3, 0.4) is 0 Å². The predicted molar refractivity (Wildman–Crippen MR) is 94.0 cm³/mol. The molecule has 3 amide bonds. The lowest BCUT2D eigenvalue weighted by molar-refractivity contribution is -0.127. The molecule has 2 fully saturated rings. The number of carbonyl (C=O) groups is 3. The summed E-state index contributed by atoms with van der Waals surface area (Å²) < 4.78 is 10.5. The van der Waals surface area contributed by atoms with Crippen LogP contribution in [0.25, 0.3) is 0 Å². The minimum atomic E-state index is -1.06. The van der Waals surface area contributed by atoms with Crippen LogP contribution >= 0.6 is 0 Å². The Balaban J connectivity index is 1.49. The average molecular weight is 361 g/mol. The normalized spacial score (nSPS) is 18.0. The summed E-state index contributed by atoms with van der Waals surface area (Å²) in [5, 5.41) is 4.81. The van der Waals surface area contributed by atoms with E-state index in [1.54, 1.807) is 12.1 Å². The second-order valence-corrected chi connectivity index (χ2v) is 6.43. The van der Waals surface area contributed by atoms with Crippen molar-refractivity contribution >= 4 is 23.6 Å². The average Bonchev–Trinajstić information content (AvgIpc) is 3.46. The summed E-state index contributed by atoms with van der Waals surface area (Å²) in [5.74, 6) is -1.26. The van der Waals surface area contributed by atoms with Crippen molar-refractivity contribution in [2.45, 2.75) is 31.9 Å². The number of rotatable bonds is 5. The minimum Gasteiger partial charge on any atom is -0.449 e. The highest BCUT2D eigenvalue weighted by Gasteiger charge is 2.26. The van der Waals surface area contributed by atoms with E-state index in [1.807, 2.05) is 12.1 Å². The first-order valence-corrected chi connectivity index (χ1v) is 8.78. The molecule has 2 N–H and O–H groups in total. The van der Waals surface area contributed by atoms with Gasteiger partial charge in [0, 0.05) is 24.8 Å². The fraction of sp³-hybridized carbons (Fsp3) is 0.500. The van der Waals surface area contributed by atoms with Gasteiger partial charge in [0.25, 0.3) is 5.91 Å². The highest BCUT2D eigenvalue weighted by molar-refractivity contribution is 5.98. The lowest BCUT2D eigenvalue weighted by Crippen LogP contribution is -2.45. The molecule has 8 nitrogen and oxygen atoms in total. The highest BCUT2D eigenvalue weighted by atomic mass is 16.5. The van der Waals surface area contributed by atoms with Crippen LogP contribution in [0.4, 0.5) is 10.5 Å². The van der Waals surface area contributed by atoms with E-state index in [0.717, 1.165) is 31.6 Å². The number of urea groups is 1. The van der Waals surface area contributed by atoms with Crippen LogP contribution in [0.2, 0.25) is 0 Å². The summed E-state index contributed by atoms with van der Waals surface area (Å²) in [6.07, 6.45) is 0.783. The molecule has 1 saturated carbocycles. The SMILES string of the molecule is C[C@H](OC(=O)c1ccc(N2CCOCC2)cc1)C(=O)NC(=O)NC1CC1. The van der Waals surface area contributed by atoms with E-state index in [0.29, 0.717) is 18.8 Å². The highest BCUT2D eigenvalue weighted by Crippen LogP contribution is 2.18. The summed E-state index contributed by atoms with van der Waals surface area (Å²) >= 11 is 0. The zero-order valence-corrected chi connectivity index (χ0v) is 14.7. The molecule has 140 valence electrons. The van der Waals surface area contributed by atoms with Crippen molar-refractivity contribution in [2.75, 3.05) is 31.2 Å². The zero-order chi connectivity index (χ0) is 18.5. The van der Waals surface area contributed by atoms with Crippen LogP contribution in [-0.4, -0.2) is 56.4 Å². The summed E-state index contributed by atoms with van der Waals surface area (Å²) in [6.45, 7) is 4.42. The molecule has 1 aromatic carbocycles. The van der Waals surface area contributed by atoms with Crippen molar-refractivity contribution < 1.29 is 23.9 Å². The van der Waals surface area contributed by atoms with E-state index in [9.17, 15) is 14.4 Å². The molecule has 8 heteroatoms.